The van der Waals surface area contributed by atoms with Crippen molar-refractivity contribution >= 4 is 11.9 Å². The molecule has 0 bridgehead atoms. The predicted octanol–water partition coefficient (Wildman–Crippen LogP) is 5.64. The van der Waals surface area contributed by atoms with Crippen LogP contribution in [0.1, 0.15) is 36.6 Å². The van der Waals surface area contributed by atoms with Crippen molar-refractivity contribution in [1.82, 2.24) is 5.43 Å². The molecule has 0 saturated carbocycles. The van der Waals surface area contributed by atoms with Gasteiger partial charge in [-0.2, -0.15) is 5.10 Å². The largest absolute Gasteiger partial charge is 0.347 e. The molecule has 144 valence electrons. The molecule has 3 nitrogen and oxygen atoms in total. The number of hydrazone groups is 1. The zero-order valence-corrected chi connectivity index (χ0v) is 17.1. The summed E-state index contributed by atoms with van der Waals surface area (Å²) >= 11 is 0. The van der Waals surface area contributed by atoms with Crippen LogP contribution in [0.25, 0.3) is 11.1 Å². The molecule has 29 heavy (non-hydrogen) atoms. The van der Waals surface area contributed by atoms with Gasteiger partial charge in [0.25, 0.3) is 0 Å². The predicted molar refractivity (Wildman–Crippen MR) is 121 cm³/mol. The van der Waals surface area contributed by atoms with Crippen LogP contribution in [0.2, 0.25) is 0 Å². The lowest BCUT2D eigenvalue weighted by Crippen LogP contribution is -2.23. The second-order valence-corrected chi connectivity index (χ2v) is 8.27. The summed E-state index contributed by atoms with van der Waals surface area (Å²) < 4.78 is 0. The molecular weight excluding hydrogens is 354 g/mol. The second-order valence-electron chi connectivity index (χ2n) is 8.27. The van der Waals surface area contributed by atoms with Gasteiger partial charge < -0.3 is 4.90 Å². The fourth-order valence-corrected chi connectivity index (χ4v) is 4.82. The Hall–Kier alpha value is -3.33. The molecule has 0 saturated heterocycles. The lowest BCUT2D eigenvalue weighted by molar-refractivity contribution is 0.639. The zero-order valence-electron chi connectivity index (χ0n) is 17.1. The van der Waals surface area contributed by atoms with E-state index in [1.54, 1.807) is 0 Å². The van der Waals surface area contributed by atoms with E-state index in [-0.39, 0.29) is 11.5 Å². The molecule has 0 spiro atoms. The maximum Gasteiger partial charge on any atom is 0.0951 e. The molecule has 0 radical (unpaired) electrons. The summed E-state index contributed by atoms with van der Waals surface area (Å²) in [5.74, 6) is 0. The summed E-state index contributed by atoms with van der Waals surface area (Å²) in [6.45, 7) is 4.54. The molecule has 0 unspecified atom stereocenters. The monoisotopic (exact) mass is 379 g/mol. The molecule has 1 aliphatic heterocycles. The van der Waals surface area contributed by atoms with Crippen molar-refractivity contribution in [1.29, 1.82) is 0 Å². The minimum Gasteiger partial charge on any atom is -0.347 e. The maximum absolute atomic E-state index is 4.60. The first-order chi connectivity index (χ1) is 14.1. The molecule has 1 heterocycles. The van der Waals surface area contributed by atoms with Crippen LogP contribution in [0.15, 0.2) is 89.7 Å². The van der Waals surface area contributed by atoms with Crippen LogP contribution in [-0.4, -0.2) is 13.3 Å². The lowest BCUT2D eigenvalue weighted by atomic mass is 9.84. The number of nitrogens with zero attached hydrogens (tertiary/aromatic N) is 2. The number of allylic oxidation sites excluding steroid dienone is 2. The van der Waals surface area contributed by atoms with Crippen LogP contribution in [0.3, 0.4) is 0 Å². The van der Waals surface area contributed by atoms with E-state index in [0.29, 0.717) is 0 Å². The van der Waals surface area contributed by atoms with Crippen molar-refractivity contribution in [2.45, 2.75) is 25.3 Å². The molecular formula is C26H25N3. The molecule has 2 aliphatic rings. The van der Waals surface area contributed by atoms with E-state index in [1.165, 1.54) is 39.2 Å². The SMILES string of the molecule is CN1/C(=C\C=N/NC2c3ccccc3-c3ccccc32)C(C)(C)c2ccccc21. The number of likely N-dealkylation sites (N-methyl/N-ethyl adjacent to an activating group) is 1. The molecule has 0 fully saturated rings. The van der Waals surface area contributed by atoms with Crippen LogP contribution in [-0.2, 0) is 5.41 Å². The van der Waals surface area contributed by atoms with Crippen molar-refractivity contribution in [3.63, 3.8) is 0 Å². The molecule has 0 amide bonds. The van der Waals surface area contributed by atoms with E-state index >= 15 is 0 Å². The first-order valence-corrected chi connectivity index (χ1v) is 10.1. The molecule has 3 aromatic rings. The van der Waals surface area contributed by atoms with Crippen LogP contribution >= 0.6 is 0 Å². The fourth-order valence-electron chi connectivity index (χ4n) is 4.82. The highest BCUT2D eigenvalue weighted by molar-refractivity contribution is 5.80. The summed E-state index contributed by atoms with van der Waals surface area (Å²) in [7, 11) is 2.13. The van der Waals surface area contributed by atoms with Gasteiger partial charge in [-0.1, -0.05) is 80.6 Å². The van der Waals surface area contributed by atoms with Crippen LogP contribution in [0.5, 0.6) is 0 Å². The summed E-state index contributed by atoms with van der Waals surface area (Å²) in [6, 6.07) is 25.8. The standard InChI is InChI=1S/C26H25N3/c1-26(2)22-14-8-9-15-23(22)29(3)24(26)16-17-27-28-25-20-12-6-4-10-18(20)19-11-5-7-13-21(19)25/h4-17,25,28H,1-3H3/b24-16-,27-17-. The Morgan fingerprint density at radius 2 is 1.45 bits per heavy atom. The number of para-hydroxylation sites is 1. The molecule has 0 aromatic heterocycles. The Kier molecular flexibility index (Phi) is 4.06. The van der Waals surface area contributed by atoms with Gasteiger partial charge in [0.1, 0.15) is 0 Å². The third kappa shape index (κ3) is 2.69. The van der Waals surface area contributed by atoms with Gasteiger partial charge in [0.05, 0.1) is 6.04 Å². The fraction of sp³-hybridized carbons (Fsp3) is 0.192. The van der Waals surface area contributed by atoms with Gasteiger partial charge in [0.2, 0.25) is 0 Å². The molecule has 0 atom stereocenters. The highest BCUT2D eigenvalue weighted by Crippen LogP contribution is 2.46. The Labute approximate surface area is 172 Å². The van der Waals surface area contributed by atoms with Gasteiger partial charge >= 0.3 is 0 Å². The third-order valence-electron chi connectivity index (χ3n) is 6.28. The average Bonchev–Trinajstić information content (AvgIpc) is 3.16. The van der Waals surface area contributed by atoms with Gasteiger partial charge in [0, 0.05) is 30.1 Å². The number of fused-ring (bicyclic) bond motifs is 4. The summed E-state index contributed by atoms with van der Waals surface area (Å²) in [5.41, 5.74) is 12.4. The highest BCUT2D eigenvalue weighted by Gasteiger charge is 2.37. The summed E-state index contributed by atoms with van der Waals surface area (Å²) in [5, 5.41) is 4.60. The zero-order chi connectivity index (χ0) is 20.0. The van der Waals surface area contributed by atoms with E-state index < -0.39 is 0 Å². The van der Waals surface area contributed by atoms with Gasteiger partial charge in [-0.25, -0.2) is 0 Å². The quantitative estimate of drug-likeness (QED) is 0.471. The van der Waals surface area contributed by atoms with Gasteiger partial charge in [0.15, 0.2) is 0 Å². The van der Waals surface area contributed by atoms with Gasteiger partial charge in [-0.15, -0.1) is 0 Å². The van der Waals surface area contributed by atoms with Crippen molar-refractivity contribution in [3.8, 4) is 11.1 Å². The maximum atomic E-state index is 4.60. The summed E-state index contributed by atoms with van der Waals surface area (Å²) in [4.78, 5) is 2.27. The van der Waals surface area contributed by atoms with Gasteiger partial charge in [-0.05, 0) is 40.0 Å². The highest BCUT2D eigenvalue weighted by atomic mass is 15.3. The number of anilines is 1. The first-order valence-electron chi connectivity index (χ1n) is 10.1. The van der Waals surface area contributed by atoms with Gasteiger partial charge in [-0.3, -0.25) is 5.43 Å². The van der Waals surface area contributed by atoms with E-state index in [1.807, 2.05) is 6.21 Å². The first kappa shape index (κ1) is 17.7. The Bertz CT molecular complexity index is 1090. The Balaban J connectivity index is 1.42. The van der Waals surface area contributed by atoms with Crippen molar-refractivity contribution in [3.05, 3.63) is 101 Å². The average molecular weight is 380 g/mol. The number of benzene rings is 3. The topological polar surface area (TPSA) is 27.6 Å². The van der Waals surface area contributed by atoms with E-state index in [9.17, 15) is 0 Å². The Morgan fingerprint density at radius 3 is 2.10 bits per heavy atom. The smallest absolute Gasteiger partial charge is 0.0951 e. The lowest BCUT2D eigenvalue weighted by Gasteiger charge is -2.23. The molecule has 1 N–H and O–H groups in total. The second kappa shape index (κ2) is 6.63. The molecule has 5 rings (SSSR count). The minimum atomic E-state index is -0.0378. The Morgan fingerprint density at radius 1 is 0.862 bits per heavy atom. The number of rotatable bonds is 3. The van der Waals surface area contributed by atoms with Crippen molar-refractivity contribution < 1.29 is 0 Å². The summed E-state index contributed by atoms with van der Waals surface area (Å²) in [6.07, 6.45) is 4.02. The van der Waals surface area contributed by atoms with Crippen LogP contribution in [0, 0.1) is 0 Å². The molecule has 1 aliphatic carbocycles. The molecule has 3 heteroatoms. The molecule has 3 aromatic carbocycles. The van der Waals surface area contributed by atoms with E-state index in [4.69, 9.17) is 0 Å². The minimum absolute atomic E-state index is 0.0378. The number of nitrogens with one attached hydrogen (secondary N) is 1. The van der Waals surface area contributed by atoms with E-state index in [0.717, 1.165) is 0 Å². The van der Waals surface area contributed by atoms with Crippen molar-refractivity contribution in [2.75, 3.05) is 11.9 Å². The normalized spacial score (nSPS) is 18.2. The third-order valence-corrected chi connectivity index (χ3v) is 6.28. The van der Waals surface area contributed by atoms with Crippen LogP contribution < -0.4 is 10.3 Å². The number of hydrogen-bond acceptors (Lipinski definition) is 3. The van der Waals surface area contributed by atoms with Crippen molar-refractivity contribution in [2.24, 2.45) is 5.10 Å². The van der Waals surface area contributed by atoms with Crippen LogP contribution in [0.4, 0.5) is 5.69 Å². The number of hydrogen-bond donors (Lipinski definition) is 1. The van der Waals surface area contributed by atoms with E-state index in [2.05, 4.69) is 115 Å².